The molecule has 3 aromatic heterocycles. The Morgan fingerprint density at radius 2 is 1.13 bits per heavy atom. The van der Waals surface area contributed by atoms with Gasteiger partial charge in [0.05, 0.1) is 34.2 Å². The maximum atomic E-state index is 11.7. The highest BCUT2D eigenvalue weighted by Crippen LogP contribution is 2.32. The van der Waals surface area contributed by atoms with E-state index < -0.39 is 17.7 Å². The van der Waals surface area contributed by atoms with Crippen molar-refractivity contribution in [3.8, 4) is 39.5 Å². The Hall–Kier alpha value is -7.69. The highest BCUT2D eigenvalue weighted by Gasteiger charge is 2.22. The fraction of sp³-hybridized carbons (Fsp3) is 0.250. The molecule has 0 aliphatic carbocycles. The summed E-state index contributed by atoms with van der Waals surface area (Å²) in [6.45, 7) is 8.76. The number of benzene rings is 4. The van der Waals surface area contributed by atoms with Crippen LogP contribution in [0.2, 0.25) is 10.0 Å². The molecule has 16 nitrogen and oxygen atoms in total. The highest BCUT2D eigenvalue weighted by molar-refractivity contribution is 6.42. The molecule has 6 N–H and O–H groups in total. The summed E-state index contributed by atoms with van der Waals surface area (Å²) in [5, 5.41) is 0.876. The maximum Gasteiger partial charge on any atom is 0.267 e. The smallest absolute Gasteiger partial charge is 0.267 e. The number of halogens is 2. The van der Waals surface area contributed by atoms with Gasteiger partial charge in [0.2, 0.25) is 17.8 Å². The fourth-order valence-electron chi connectivity index (χ4n) is 7.93. The number of primary amides is 3. The van der Waals surface area contributed by atoms with Crippen molar-refractivity contribution in [2.24, 2.45) is 17.2 Å². The minimum atomic E-state index is -0.600. The first-order valence-corrected chi connectivity index (χ1v) is 23.6. The Morgan fingerprint density at radius 1 is 0.571 bits per heavy atom. The van der Waals surface area contributed by atoms with Gasteiger partial charge < -0.3 is 36.6 Å². The van der Waals surface area contributed by atoms with Gasteiger partial charge in [0.1, 0.15) is 22.8 Å². The topological polar surface area (TPSA) is 226 Å². The van der Waals surface area contributed by atoms with E-state index in [1.165, 1.54) is 17.5 Å². The van der Waals surface area contributed by atoms with Crippen molar-refractivity contribution in [2.45, 2.75) is 46.1 Å². The summed E-state index contributed by atoms with van der Waals surface area (Å²) in [4.78, 5) is 67.8. The van der Waals surface area contributed by atoms with Crippen LogP contribution in [0.1, 0.15) is 75.7 Å². The third kappa shape index (κ3) is 12.5. The van der Waals surface area contributed by atoms with E-state index in [1.54, 1.807) is 43.5 Å². The number of hydrogen-bond donors (Lipinski definition) is 3. The molecule has 4 aromatic carbocycles. The lowest BCUT2D eigenvalue weighted by Crippen LogP contribution is -2.32. The summed E-state index contributed by atoms with van der Waals surface area (Å²) in [5.74, 6) is 0.567. The first-order valence-electron chi connectivity index (χ1n) is 22.9. The van der Waals surface area contributed by atoms with Crippen LogP contribution in [-0.4, -0.2) is 87.5 Å². The van der Waals surface area contributed by atoms with Crippen LogP contribution in [-0.2, 0) is 13.0 Å². The van der Waals surface area contributed by atoms with Crippen LogP contribution in [0.25, 0.3) is 33.8 Å². The van der Waals surface area contributed by atoms with Gasteiger partial charge in [-0.3, -0.25) is 14.4 Å². The molecule has 2 aliphatic heterocycles. The molecule has 9 rings (SSSR count). The Kier molecular flexibility index (Phi) is 16.9. The van der Waals surface area contributed by atoms with Gasteiger partial charge in [0, 0.05) is 56.0 Å². The van der Waals surface area contributed by atoms with Crippen molar-refractivity contribution in [1.29, 1.82) is 0 Å². The van der Waals surface area contributed by atoms with Crippen LogP contribution in [0, 0.1) is 0 Å². The number of para-hydroxylation sites is 1. The predicted octanol–water partition coefficient (Wildman–Crippen LogP) is 8.44. The zero-order valence-electron chi connectivity index (χ0n) is 39.2. The number of nitrogens with two attached hydrogens (primary N) is 3. The van der Waals surface area contributed by atoms with E-state index in [2.05, 4.69) is 57.9 Å². The molecule has 1 fully saturated rings. The Morgan fingerprint density at radius 3 is 1.76 bits per heavy atom. The molecule has 5 heterocycles. The molecule has 360 valence electrons. The summed E-state index contributed by atoms with van der Waals surface area (Å²) in [7, 11) is 1.61. The molecular weight excluding hydrogens is 928 g/mol. The van der Waals surface area contributed by atoms with Crippen molar-refractivity contribution in [2.75, 3.05) is 54.5 Å². The lowest BCUT2D eigenvalue weighted by Gasteiger charge is -2.29. The van der Waals surface area contributed by atoms with Crippen molar-refractivity contribution in [3.63, 3.8) is 0 Å². The van der Waals surface area contributed by atoms with Crippen molar-refractivity contribution >= 4 is 58.8 Å². The van der Waals surface area contributed by atoms with Gasteiger partial charge in [-0.15, -0.1) is 0 Å². The van der Waals surface area contributed by atoms with Crippen LogP contribution in [0.5, 0.6) is 5.75 Å². The van der Waals surface area contributed by atoms with E-state index in [1.807, 2.05) is 79.4 Å². The van der Waals surface area contributed by atoms with Crippen molar-refractivity contribution in [3.05, 3.63) is 154 Å². The standard InChI is InChI=1S/C20H18N4O.C17H20N4O2.C15H16Cl2N4O/c21-19(25)18-12-17(15-7-2-1-3-8-15)22-20(23-18)24-11-10-14-6-4-5-9-16(14)13-24;1-23-15-8-4-3-7-12(15)13-11-14(16(18)22)20-17(19-13)21-9-5-2-6-10-21;1-3-21(4-2)15-19-12(8-13(20-15)14(18)22)9-5-6-10(16)11(17)7-9/h1-9,12H,10-11,13H2,(H2,21,25);3-4,7-8,11H,2,5-6,9-10H2,1H3,(H2,18,22);5-8H,3-4H2,1-2H3,(H2,18,22). The number of rotatable bonds is 12. The van der Waals surface area contributed by atoms with E-state index >= 15 is 0 Å². The molecule has 3 amide bonds. The number of carbonyl (C=O) groups is 3. The number of piperidine rings is 1. The summed E-state index contributed by atoms with van der Waals surface area (Å²) in [6.07, 6.45) is 4.36. The first kappa shape index (κ1) is 50.2. The third-order valence-electron chi connectivity index (χ3n) is 11.7. The minimum absolute atomic E-state index is 0.165. The molecular formula is C52H54Cl2N12O4. The highest BCUT2D eigenvalue weighted by atomic mass is 35.5. The average Bonchev–Trinajstić information content (AvgIpc) is 3.40. The molecule has 0 bridgehead atoms. The molecule has 0 saturated carbocycles. The van der Waals surface area contributed by atoms with Gasteiger partial charge in [0.25, 0.3) is 17.7 Å². The second-order valence-corrected chi connectivity index (χ2v) is 17.1. The SMILES string of the molecule is CCN(CC)c1nc(C(N)=O)cc(-c2ccc(Cl)c(Cl)c2)n1.COc1ccccc1-c1cc(C(N)=O)nc(N2CCCCC2)n1.NC(=O)c1cc(-c2ccccc2)nc(N2CCc3ccccc3C2)n1. The zero-order chi connectivity index (χ0) is 49.7. The number of ether oxygens (including phenoxy) is 1. The Balaban J connectivity index is 0.000000155. The number of nitrogens with zero attached hydrogens (tertiary/aromatic N) is 9. The van der Waals surface area contributed by atoms with E-state index in [4.69, 9.17) is 45.1 Å². The quantitative estimate of drug-likeness (QED) is 0.105. The molecule has 0 unspecified atom stereocenters. The minimum Gasteiger partial charge on any atom is -0.496 e. The van der Waals surface area contributed by atoms with Gasteiger partial charge in [-0.1, -0.05) is 96.0 Å². The van der Waals surface area contributed by atoms with E-state index in [0.29, 0.717) is 50.7 Å². The lowest BCUT2D eigenvalue weighted by molar-refractivity contribution is 0.0987. The second-order valence-electron chi connectivity index (χ2n) is 16.3. The number of carbonyl (C=O) groups excluding carboxylic acids is 3. The van der Waals surface area contributed by atoms with Crippen LogP contribution in [0.3, 0.4) is 0 Å². The summed E-state index contributed by atoms with van der Waals surface area (Å²) in [5.41, 5.74) is 24.0. The van der Waals surface area contributed by atoms with Crippen LogP contribution < -0.4 is 36.6 Å². The molecule has 2 aliphatic rings. The predicted molar refractivity (Wildman–Crippen MR) is 275 cm³/mol. The summed E-state index contributed by atoms with van der Waals surface area (Å²) < 4.78 is 5.40. The summed E-state index contributed by atoms with van der Waals surface area (Å²) >= 11 is 12.0. The lowest BCUT2D eigenvalue weighted by atomic mass is 10.0. The third-order valence-corrected chi connectivity index (χ3v) is 12.4. The largest absolute Gasteiger partial charge is 0.496 e. The number of methoxy groups -OCH3 is 1. The number of amides is 3. The van der Waals surface area contributed by atoms with E-state index in [9.17, 15) is 14.4 Å². The average molecular weight is 982 g/mol. The molecule has 0 atom stereocenters. The Labute approximate surface area is 416 Å². The van der Waals surface area contributed by atoms with E-state index in [-0.39, 0.29) is 17.1 Å². The maximum absolute atomic E-state index is 11.7. The van der Waals surface area contributed by atoms with Gasteiger partial charge in [0.15, 0.2) is 0 Å². The molecule has 18 heteroatoms. The van der Waals surface area contributed by atoms with Crippen LogP contribution in [0.4, 0.5) is 17.8 Å². The van der Waals surface area contributed by atoms with Gasteiger partial charge in [-0.05, 0) is 93.1 Å². The van der Waals surface area contributed by atoms with Gasteiger partial charge in [-0.2, -0.15) is 0 Å². The van der Waals surface area contributed by atoms with Crippen LogP contribution >= 0.6 is 23.2 Å². The van der Waals surface area contributed by atoms with E-state index in [0.717, 1.165) is 75.2 Å². The number of fused-ring (bicyclic) bond motifs is 1. The Bertz CT molecular complexity index is 2970. The monoisotopic (exact) mass is 980 g/mol. The molecule has 7 aromatic rings. The van der Waals surface area contributed by atoms with Gasteiger partial charge >= 0.3 is 0 Å². The van der Waals surface area contributed by atoms with Crippen molar-refractivity contribution < 1.29 is 19.1 Å². The number of aromatic nitrogens is 6. The second kappa shape index (κ2) is 23.6. The molecule has 70 heavy (non-hydrogen) atoms. The number of anilines is 3. The van der Waals surface area contributed by atoms with Crippen LogP contribution in [0.15, 0.2) is 115 Å². The fourth-order valence-corrected chi connectivity index (χ4v) is 8.23. The summed E-state index contributed by atoms with van der Waals surface area (Å²) in [6, 6.07) is 35.7. The van der Waals surface area contributed by atoms with Crippen molar-refractivity contribution in [1.82, 2.24) is 29.9 Å². The zero-order valence-corrected chi connectivity index (χ0v) is 40.7. The first-order chi connectivity index (χ1) is 33.8. The normalized spacial score (nSPS) is 12.9. The van der Waals surface area contributed by atoms with Gasteiger partial charge in [-0.25, -0.2) is 29.9 Å². The molecule has 1 saturated heterocycles. The molecule has 0 spiro atoms. The molecule has 0 radical (unpaired) electrons. The number of hydrogen-bond acceptors (Lipinski definition) is 13.